The third-order valence-electron chi connectivity index (χ3n) is 5.22. The van der Waals surface area contributed by atoms with Crippen LogP contribution in [-0.2, 0) is 0 Å². The quantitative estimate of drug-likeness (QED) is 0.652. The maximum atomic E-state index is 13.0. The number of aromatic nitrogens is 1. The van der Waals surface area contributed by atoms with Crippen LogP contribution in [0.3, 0.4) is 0 Å². The van der Waals surface area contributed by atoms with Gasteiger partial charge in [-0.3, -0.25) is 9.59 Å². The minimum absolute atomic E-state index is 0.0291. The minimum atomic E-state index is -0.158. The van der Waals surface area contributed by atoms with Crippen LogP contribution in [0.2, 0.25) is 0 Å². The summed E-state index contributed by atoms with van der Waals surface area (Å²) in [5.74, 6) is -0.0188. The average Bonchev–Trinajstić information content (AvgIpc) is 3.41. The zero-order valence-corrected chi connectivity index (χ0v) is 18.0. The van der Waals surface area contributed by atoms with Crippen LogP contribution in [0.25, 0.3) is 10.1 Å². The topological polar surface area (TPSA) is 82.5 Å². The molecule has 1 saturated heterocycles. The molecular weight excluding hydrogens is 406 g/mol. The number of likely N-dealkylation sites (tertiary alicyclic amines) is 1. The Morgan fingerprint density at radius 3 is 2.76 bits per heavy atom. The van der Waals surface area contributed by atoms with Crippen LogP contribution in [0.15, 0.2) is 24.3 Å². The van der Waals surface area contributed by atoms with Crippen LogP contribution in [0.5, 0.6) is 0 Å². The van der Waals surface area contributed by atoms with Gasteiger partial charge in [-0.2, -0.15) is 0 Å². The van der Waals surface area contributed by atoms with Crippen LogP contribution < -0.4 is 5.32 Å². The number of hydrogen-bond donors (Lipinski definition) is 2. The fourth-order valence-corrected chi connectivity index (χ4v) is 6.04. The highest BCUT2D eigenvalue weighted by Gasteiger charge is 2.33. The number of nitrogens with zero attached hydrogens (tertiary/aromatic N) is 2. The summed E-state index contributed by atoms with van der Waals surface area (Å²) in [6.07, 6.45) is 0.823. The van der Waals surface area contributed by atoms with Crippen molar-refractivity contribution < 1.29 is 14.7 Å². The summed E-state index contributed by atoms with van der Waals surface area (Å²) in [5, 5.41) is 13.8. The van der Waals surface area contributed by atoms with E-state index in [1.165, 1.54) is 22.7 Å². The molecule has 6 nitrogen and oxygen atoms in total. The van der Waals surface area contributed by atoms with Gasteiger partial charge in [0.25, 0.3) is 11.8 Å². The minimum Gasteiger partial charge on any atom is -0.395 e. The number of thiazole rings is 1. The summed E-state index contributed by atoms with van der Waals surface area (Å²) < 4.78 is 1.07. The number of fused-ring (bicyclic) bond motifs is 1. The Morgan fingerprint density at radius 2 is 2.03 bits per heavy atom. The fraction of sp³-hybridized carbons (Fsp3) is 0.381. The van der Waals surface area contributed by atoms with E-state index in [4.69, 9.17) is 5.11 Å². The summed E-state index contributed by atoms with van der Waals surface area (Å²) in [5.41, 5.74) is 1.81. The van der Waals surface area contributed by atoms with Gasteiger partial charge in [-0.1, -0.05) is 18.2 Å². The van der Waals surface area contributed by atoms with Gasteiger partial charge in [0.1, 0.15) is 4.88 Å². The molecule has 8 heteroatoms. The number of aliphatic hydroxyl groups excluding tert-OH is 1. The van der Waals surface area contributed by atoms with Gasteiger partial charge in [-0.25, -0.2) is 4.98 Å². The van der Waals surface area contributed by atoms with Gasteiger partial charge in [0.15, 0.2) is 0 Å². The lowest BCUT2D eigenvalue weighted by Crippen LogP contribution is -2.29. The molecule has 29 heavy (non-hydrogen) atoms. The molecule has 3 heterocycles. The molecule has 0 saturated carbocycles. The van der Waals surface area contributed by atoms with Crippen molar-refractivity contribution in [3.05, 3.63) is 50.3 Å². The SMILES string of the molecule is Cc1nc(C)c(C(=O)N2CC[C@@H](c3c(C(=O)NCCO)sc4ccccc34)C2)s1. The van der Waals surface area contributed by atoms with Crippen molar-refractivity contribution in [2.75, 3.05) is 26.2 Å². The first kappa shape index (κ1) is 20.0. The van der Waals surface area contributed by atoms with Gasteiger partial charge < -0.3 is 15.3 Å². The lowest BCUT2D eigenvalue weighted by Gasteiger charge is -2.17. The second-order valence-electron chi connectivity index (χ2n) is 7.20. The molecule has 152 valence electrons. The lowest BCUT2D eigenvalue weighted by molar-refractivity contribution is 0.0794. The van der Waals surface area contributed by atoms with Crippen molar-refractivity contribution in [1.82, 2.24) is 15.2 Å². The molecule has 0 spiro atoms. The Morgan fingerprint density at radius 1 is 1.24 bits per heavy atom. The third-order valence-corrected chi connectivity index (χ3v) is 7.47. The van der Waals surface area contributed by atoms with E-state index < -0.39 is 0 Å². The Labute approximate surface area is 177 Å². The summed E-state index contributed by atoms with van der Waals surface area (Å²) >= 11 is 2.92. The van der Waals surface area contributed by atoms with Crippen molar-refractivity contribution in [2.45, 2.75) is 26.2 Å². The van der Waals surface area contributed by atoms with Crippen LogP contribution in [0, 0.1) is 13.8 Å². The molecule has 1 aliphatic rings. The Balaban J connectivity index is 1.64. The van der Waals surface area contributed by atoms with Crippen LogP contribution in [0.1, 0.15) is 47.9 Å². The predicted molar refractivity (Wildman–Crippen MR) is 116 cm³/mol. The fourth-order valence-electron chi connectivity index (χ4n) is 3.94. The van der Waals surface area contributed by atoms with E-state index in [9.17, 15) is 9.59 Å². The maximum Gasteiger partial charge on any atom is 0.265 e. The number of rotatable bonds is 5. The number of aliphatic hydroxyl groups is 1. The largest absolute Gasteiger partial charge is 0.395 e. The first-order valence-electron chi connectivity index (χ1n) is 9.63. The molecule has 0 radical (unpaired) electrons. The second kappa shape index (κ2) is 8.22. The summed E-state index contributed by atoms with van der Waals surface area (Å²) in [6.45, 7) is 5.19. The average molecular weight is 430 g/mol. The van der Waals surface area contributed by atoms with Crippen molar-refractivity contribution in [3.63, 3.8) is 0 Å². The van der Waals surface area contributed by atoms with E-state index in [2.05, 4.69) is 10.3 Å². The summed E-state index contributed by atoms with van der Waals surface area (Å²) in [7, 11) is 0. The number of thiophene rings is 1. The van der Waals surface area contributed by atoms with Gasteiger partial charge in [-0.05, 0) is 37.3 Å². The number of nitrogens with one attached hydrogen (secondary N) is 1. The molecule has 1 aliphatic heterocycles. The molecule has 3 aromatic rings. The van der Waals surface area contributed by atoms with Crippen molar-refractivity contribution >= 4 is 44.6 Å². The number of hydrogen-bond acceptors (Lipinski definition) is 6. The molecule has 0 bridgehead atoms. The first-order chi connectivity index (χ1) is 14.0. The van der Waals surface area contributed by atoms with Crippen molar-refractivity contribution in [1.29, 1.82) is 0 Å². The molecule has 2 amide bonds. The predicted octanol–water partition coefficient (Wildman–Crippen LogP) is 3.33. The first-order valence-corrected chi connectivity index (χ1v) is 11.3. The van der Waals surface area contributed by atoms with E-state index in [-0.39, 0.29) is 30.9 Å². The zero-order chi connectivity index (χ0) is 20.5. The van der Waals surface area contributed by atoms with Crippen LogP contribution in [0.4, 0.5) is 0 Å². The zero-order valence-electron chi connectivity index (χ0n) is 16.4. The highest BCUT2D eigenvalue weighted by atomic mass is 32.1. The number of benzene rings is 1. The van der Waals surface area contributed by atoms with Crippen molar-refractivity contribution in [3.8, 4) is 0 Å². The molecular formula is C21H23N3O3S2. The Kier molecular flexibility index (Phi) is 5.67. The molecule has 1 aromatic carbocycles. The maximum absolute atomic E-state index is 13.0. The highest BCUT2D eigenvalue weighted by molar-refractivity contribution is 7.21. The molecule has 2 N–H and O–H groups in total. The highest BCUT2D eigenvalue weighted by Crippen LogP contribution is 2.40. The smallest absolute Gasteiger partial charge is 0.265 e. The molecule has 0 unspecified atom stereocenters. The molecule has 4 rings (SSSR count). The second-order valence-corrected chi connectivity index (χ2v) is 9.46. The van der Waals surface area contributed by atoms with Gasteiger partial charge >= 0.3 is 0 Å². The molecule has 0 aliphatic carbocycles. The van der Waals surface area contributed by atoms with E-state index in [0.717, 1.165) is 32.8 Å². The van der Waals surface area contributed by atoms with E-state index >= 15 is 0 Å². The van der Waals surface area contributed by atoms with Crippen LogP contribution >= 0.6 is 22.7 Å². The summed E-state index contributed by atoms with van der Waals surface area (Å²) in [4.78, 5) is 33.4. The monoisotopic (exact) mass is 429 g/mol. The van der Waals surface area contributed by atoms with Gasteiger partial charge in [-0.15, -0.1) is 22.7 Å². The number of carbonyl (C=O) groups excluding carboxylic acids is 2. The lowest BCUT2D eigenvalue weighted by atomic mass is 9.95. The Hall–Kier alpha value is -2.29. The van der Waals surface area contributed by atoms with E-state index in [1.54, 1.807) is 0 Å². The number of amides is 2. The Bertz CT molecular complexity index is 1070. The normalized spacial score (nSPS) is 16.5. The number of carbonyl (C=O) groups is 2. The molecule has 2 aromatic heterocycles. The number of aryl methyl sites for hydroxylation is 2. The van der Waals surface area contributed by atoms with Gasteiger partial charge in [0, 0.05) is 30.3 Å². The summed E-state index contributed by atoms with van der Waals surface area (Å²) in [6, 6.07) is 8.02. The third kappa shape index (κ3) is 3.80. The van der Waals surface area contributed by atoms with Crippen LogP contribution in [-0.4, -0.2) is 53.0 Å². The molecule has 1 fully saturated rings. The molecule has 1 atom stereocenters. The standard InChI is InChI=1S/C21H23N3O3S2/c1-12-18(28-13(2)23-12)21(27)24-9-7-14(11-24)17-15-5-3-4-6-16(15)29-19(17)20(26)22-8-10-25/h3-6,14,25H,7-11H2,1-2H3,(H,22,26)/t14-/m1/s1. The van der Waals surface area contributed by atoms with Gasteiger partial charge in [0.2, 0.25) is 0 Å². The van der Waals surface area contributed by atoms with E-state index in [1.807, 2.05) is 43.0 Å². The van der Waals surface area contributed by atoms with E-state index in [0.29, 0.717) is 22.8 Å². The van der Waals surface area contributed by atoms with Gasteiger partial charge in [0.05, 0.1) is 22.2 Å². The van der Waals surface area contributed by atoms with Crippen molar-refractivity contribution in [2.24, 2.45) is 0 Å².